The summed E-state index contributed by atoms with van der Waals surface area (Å²) in [6.07, 6.45) is -11.1. The Morgan fingerprint density at radius 2 is 0.978 bits per heavy atom. The molecule has 2 heterocycles. The van der Waals surface area contributed by atoms with E-state index >= 15 is 0 Å². The smallest absolute Gasteiger partial charge is 0.303 e. The molecule has 2 aliphatic heterocycles. The summed E-state index contributed by atoms with van der Waals surface area (Å²) in [5.41, 5.74) is -1.35. The van der Waals surface area contributed by atoms with Gasteiger partial charge in [-0.25, -0.2) is 0 Å². The van der Waals surface area contributed by atoms with E-state index < -0.39 is 108 Å². The van der Waals surface area contributed by atoms with Gasteiger partial charge in [0.2, 0.25) is 0 Å². The van der Waals surface area contributed by atoms with E-state index in [0.717, 1.165) is 60.2 Å². The lowest BCUT2D eigenvalue weighted by Crippen LogP contribution is -2.65. The molecule has 0 spiro atoms. The van der Waals surface area contributed by atoms with Gasteiger partial charge in [0, 0.05) is 55.6 Å². The lowest BCUT2D eigenvalue weighted by molar-refractivity contribution is -0.312. The predicted molar refractivity (Wildman–Crippen MR) is 147 cm³/mol. The van der Waals surface area contributed by atoms with Gasteiger partial charge in [-0.3, -0.25) is 33.6 Å². The lowest BCUT2D eigenvalue weighted by atomic mass is 9.97. The zero-order chi connectivity index (χ0) is 34.0. The van der Waals surface area contributed by atoms with Gasteiger partial charge in [-0.1, -0.05) is 0 Å². The molecule has 0 N–H and O–H groups in total. The van der Waals surface area contributed by atoms with Gasteiger partial charge < -0.3 is 47.4 Å². The summed E-state index contributed by atoms with van der Waals surface area (Å²) in [6.45, 7) is 6.93. The number of ether oxygens (including phenoxy) is 10. The van der Waals surface area contributed by atoms with Crippen molar-refractivity contribution in [1.82, 2.24) is 0 Å². The molecule has 0 radical (unpaired) electrons. The Bertz CT molecular complexity index is 1110. The van der Waals surface area contributed by atoms with Gasteiger partial charge in [-0.2, -0.15) is 0 Å². The molecule has 18 heteroatoms. The zero-order valence-electron chi connectivity index (χ0n) is 26.0. The summed E-state index contributed by atoms with van der Waals surface area (Å²) >= 11 is 0.875. The minimum atomic E-state index is -1.49. The van der Waals surface area contributed by atoms with Gasteiger partial charge in [-0.05, 0) is 0 Å². The van der Waals surface area contributed by atoms with Crippen molar-refractivity contribution in [3.05, 3.63) is 0 Å². The minimum Gasteiger partial charge on any atom is -0.465 e. The van der Waals surface area contributed by atoms with E-state index in [9.17, 15) is 33.6 Å². The van der Waals surface area contributed by atoms with Crippen LogP contribution in [0.2, 0.25) is 0 Å². The largest absolute Gasteiger partial charge is 0.465 e. The van der Waals surface area contributed by atoms with Crippen LogP contribution in [-0.2, 0) is 80.9 Å². The molecule has 0 saturated carbocycles. The fourth-order valence-electron chi connectivity index (χ4n) is 4.66. The molecule has 2 rings (SSSR count). The Labute approximate surface area is 263 Å². The van der Waals surface area contributed by atoms with Crippen LogP contribution in [0, 0.1) is 0 Å². The molecule has 0 aliphatic carbocycles. The first-order chi connectivity index (χ1) is 21.0. The highest BCUT2D eigenvalue weighted by atomic mass is 32.2. The van der Waals surface area contributed by atoms with Gasteiger partial charge in [0.05, 0.1) is 5.25 Å². The maximum absolute atomic E-state index is 12.3. The second-order valence-electron chi connectivity index (χ2n) is 9.90. The Morgan fingerprint density at radius 1 is 0.533 bits per heavy atom. The van der Waals surface area contributed by atoms with Crippen LogP contribution >= 0.6 is 11.8 Å². The molecule has 0 bridgehead atoms. The number of rotatable bonds is 12. The molecule has 0 amide bonds. The van der Waals surface area contributed by atoms with Crippen LogP contribution in [0.4, 0.5) is 0 Å². The van der Waals surface area contributed by atoms with Crippen LogP contribution in [-0.4, -0.2) is 122 Å². The van der Waals surface area contributed by atoms with Gasteiger partial charge >= 0.3 is 41.8 Å². The van der Waals surface area contributed by atoms with Gasteiger partial charge in [0.15, 0.2) is 36.8 Å². The molecule has 0 aromatic rings. The van der Waals surface area contributed by atoms with E-state index in [4.69, 9.17) is 47.4 Å². The highest BCUT2D eigenvalue weighted by Crippen LogP contribution is 2.41. The molecule has 0 aromatic heterocycles. The van der Waals surface area contributed by atoms with Crippen molar-refractivity contribution in [3.8, 4) is 0 Å². The molecule has 45 heavy (non-hydrogen) atoms. The molecule has 2 saturated heterocycles. The number of esters is 7. The molecule has 17 nitrogen and oxygen atoms in total. The standard InChI is InChI=1S/C27H38O17S/c1-11(28)36-9-18-20(38-13(3)30)22(24(41-16(6)33)26(35-8)43-18)44-27-25(42-17(7)34)23(40-15(5)32)21(39-14(4)31)19(45-27)10-37-12(2)29/h18-27H,9-10H2,1-8H3/t18-,19-,20-,21-,22+,23+,24+,25-,26+,27+/m1/s1. The monoisotopic (exact) mass is 666 g/mol. The van der Waals surface area contributed by atoms with E-state index in [1.165, 1.54) is 7.11 Å². The Morgan fingerprint density at radius 3 is 1.47 bits per heavy atom. The maximum atomic E-state index is 12.3. The quantitative estimate of drug-likeness (QED) is 0.198. The molecule has 0 unspecified atom stereocenters. The lowest BCUT2D eigenvalue weighted by Gasteiger charge is -2.48. The molecular formula is C27H38O17S. The zero-order valence-corrected chi connectivity index (χ0v) is 26.9. The first kappa shape index (κ1) is 37.7. The third-order valence-corrected chi connectivity index (χ3v) is 7.52. The topological polar surface area (TPSA) is 212 Å². The Hall–Kier alpha value is -3.48. The molecule has 0 aromatic carbocycles. The van der Waals surface area contributed by atoms with Crippen molar-refractivity contribution < 1.29 is 80.9 Å². The van der Waals surface area contributed by atoms with E-state index in [0.29, 0.717) is 0 Å². The maximum Gasteiger partial charge on any atom is 0.303 e. The summed E-state index contributed by atoms with van der Waals surface area (Å²) in [7, 11) is 1.24. The summed E-state index contributed by atoms with van der Waals surface area (Å²) < 4.78 is 55.3. The number of carbonyl (C=O) groups is 7. The van der Waals surface area contributed by atoms with Crippen molar-refractivity contribution in [1.29, 1.82) is 0 Å². The average Bonchev–Trinajstić information content (AvgIpc) is 2.90. The number of thioether (sulfide) groups is 1. The number of methoxy groups -OCH3 is 1. The normalized spacial score (nSPS) is 31.0. The number of carbonyl (C=O) groups excluding carboxylic acids is 7. The van der Waals surface area contributed by atoms with E-state index in [-0.39, 0.29) is 6.61 Å². The Balaban J connectivity index is 2.70. The van der Waals surface area contributed by atoms with Crippen molar-refractivity contribution in [2.45, 2.75) is 108 Å². The number of hydrogen-bond donors (Lipinski definition) is 0. The van der Waals surface area contributed by atoms with Gasteiger partial charge in [0.25, 0.3) is 0 Å². The van der Waals surface area contributed by atoms with Crippen molar-refractivity contribution in [2.75, 3.05) is 20.3 Å². The predicted octanol–water partition coefficient (Wildman–Crippen LogP) is -0.0309. The SMILES string of the molecule is CO[C@H]1O[C@H](COC(C)=O)[C@@H](OC(C)=O)[C@H](O[C@H]2S[C@H](COC(C)=O)[C@@H](OC(C)=O)[C@H](OC(C)=O)[C@H]2OC(C)=O)[C@@H]1OC(C)=O. The molecule has 254 valence electrons. The fourth-order valence-corrected chi connectivity index (χ4v) is 6.07. The highest BCUT2D eigenvalue weighted by molar-refractivity contribution is 8.00. The average molecular weight is 667 g/mol. The van der Waals surface area contributed by atoms with Crippen LogP contribution < -0.4 is 0 Å². The van der Waals surface area contributed by atoms with Crippen LogP contribution in [0.5, 0.6) is 0 Å². The first-order valence-electron chi connectivity index (χ1n) is 13.7. The second kappa shape index (κ2) is 17.3. The van der Waals surface area contributed by atoms with Crippen LogP contribution in [0.1, 0.15) is 48.5 Å². The van der Waals surface area contributed by atoms with Gasteiger partial charge in [-0.15, -0.1) is 11.8 Å². The molecule has 2 aliphatic rings. The molecular weight excluding hydrogens is 628 g/mol. The van der Waals surface area contributed by atoms with Crippen LogP contribution in [0.3, 0.4) is 0 Å². The van der Waals surface area contributed by atoms with Gasteiger partial charge in [0.1, 0.15) is 30.9 Å². The van der Waals surface area contributed by atoms with E-state index in [1.807, 2.05) is 0 Å². The van der Waals surface area contributed by atoms with Crippen molar-refractivity contribution >= 4 is 53.5 Å². The first-order valence-corrected chi connectivity index (χ1v) is 14.6. The highest BCUT2D eigenvalue weighted by Gasteiger charge is 2.57. The minimum absolute atomic E-state index is 0.368. The fraction of sp³-hybridized carbons (Fsp3) is 0.741. The molecule has 2 fully saturated rings. The molecule has 10 atom stereocenters. The second-order valence-corrected chi connectivity index (χ2v) is 11.2. The van der Waals surface area contributed by atoms with Crippen molar-refractivity contribution in [2.24, 2.45) is 0 Å². The van der Waals surface area contributed by atoms with E-state index in [2.05, 4.69) is 0 Å². The summed E-state index contributed by atoms with van der Waals surface area (Å²) in [5.74, 6) is -5.42. The third-order valence-electron chi connectivity index (χ3n) is 6.12. The van der Waals surface area contributed by atoms with Crippen molar-refractivity contribution in [3.63, 3.8) is 0 Å². The Kier molecular flexibility index (Phi) is 14.5. The van der Waals surface area contributed by atoms with Crippen LogP contribution in [0.15, 0.2) is 0 Å². The third kappa shape index (κ3) is 11.4. The summed E-state index contributed by atoms with van der Waals surface area (Å²) in [6, 6.07) is 0. The summed E-state index contributed by atoms with van der Waals surface area (Å²) in [4.78, 5) is 84.3. The van der Waals surface area contributed by atoms with Crippen LogP contribution in [0.25, 0.3) is 0 Å². The summed E-state index contributed by atoms with van der Waals surface area (Å²) in [5, 5.41) is -0.965. The van der Waals surface area contributed by atoms with E-state index in [1.54, 1.807) is 0 Å². The number of hydrogen-bond acceptors (Lipinski definition) is 18.